The zero-order valence-electron chi connectivity index (χ0n) is 11.8. The Labute approximate surface area is 127 Å². The second kappa shape index (κ2) is 6.24. The largest absolute Gasteiger partial charge is 0.392 e. The van der Waals surface area contributed by atoms with Crippen LogP contribution in [0.5, 0.6) is 0 Å². The third-order valence-electron chi connectivity index (χ3n) is 3.23. The minimum Gasteiger partial charge on any atom is -0.392 e. The number of aliphatic hydroxyl groups excluding tert-OH is 1. The highest BCUT2D eigenvalue weighted by atomic mass is 16.3. The Morgan fingerprint density at radius 1 is 1.14 bits per heavy atom. The molecule has 2 N–H and O–H groups in total. The van der Waals surface area contributed by atoms with E-state index in [1.165, 1.54) is 6.20 Å². The van der Waals surface area contributed by atoms with Gasteiger partial charge in [0.15, 0.2) is 0 Å². The van der Waals surface area contributed by atoms with Gasteiger partial charge in [0.25, 0.3) is 5.91 Å². The van der Waals surface area contributed by atoms with Gasteiger partial charge in [-0.25, -0.2) is 4.68 Å². The van der Waals surface area contributed by atoms with E-state index in [0.717, 1.165) is 11.3 Å². The van der Waals surface area contributed by atoms with Crippen LogP contribution in [-0.2, 0) is 6.61 Å². The lowest BCUT2D eigenvalue weighted by Gasteiger charge is -2.05. The van der Waals surface area contributed by atoms with Gasteiger partial charge in [-0.3, -0.25) is 4.79 Å². The molecule has 0 spiro atoms. The average Bonchev–Trinajstić information content (AvgIpc) is 3.06. The first-order valence-corrected chi connectivity index (χ1v) is 6.87. The fourth-order valence-electron chi connectivity index (χ4n) is 2.11. The number of benzene rings is 2. The quantitative estimate of drug-likeness (QED) is 0.777. The van der Waals surface area contributed by atoms with Crippen molar-refractivity contribution in [2.24, 2.45) is 0 Å². The van der Waals surface area contributed by atoms with Crippen LogP contribution in [0.25, 0.3) is 5.69 Å². The highest BCUT2D eigenvalue weighted by Gasteiger charge is 2.10. The van der Waals surface area contributed by atoms with Crippen LogP contribution in [0.2, 0.25) is 0 Å². The van der Waals surface area contributed by atoms with Crippen molar-refractivity contribution in [1.29, 1.82) is 0 Å². The van der Waals surface area contributed by atoms with Crippen molar-refractivity contribution in [3.05, 3.63) is 78.1 Å². The van der Waals surface area contributed by atoms with Crippen LogP contribution >= 0.6 is 0 Å². The van der Waals surface area contributed by atoms with Crippen LogP contribution in [0.4, 0.5) is 5.69 Å². The molecular formula is C17H15N3O2. The first-order valence-electron chi connectivity index (χ1n) is 6.87. The SMILES string of the molecule is O=C(Nc1cccc(CO)c1)c1cnn(-c2ccccc2)c1. The number of aliphatic hydroxyl groups is 1. The van der Waals surface area contributed by atoms with E-state index >= 15 is 0 Å². The van der Waals surface area contributed by atoms with E-state index in [9.17, 15) is 4.79 Å². The van der Waals surface area contributed by atoms with Crippen LogP contribution in [0.1, 0.15) is 15.9 Å². The molecule has 3 aromatic rings. The summed E-state index contributed by atoms with van der Waals surface area (Å²) in [6, 6.07) is 16.7. The van der Waals surface area contributed by atoms with Crippen molar-refractivity contribution >= 4 is 11.6 Å². The predicted octanol–water partition coefficient (Wildman–Crippen LogP) is 2.62. The maximum absolute atomic E-state index is 12.2. The van der Waals surface area contributed by atoms with E-state index in [-0.39, 0.29) is 12.5 Å². The minimum absolute atomic E-state index is 0.0599. The lowest BCUT2D eigenvalue weighted by molar-refractivity contribution is 0.102. The molecule has 0 fully saturated rings. The molecule has 2 aromatic carbocycles. The molecule has 1 aromatic heterocycles. The second-order valence-electron chi connectivity index (χ2n) is 4.82. The Balaban J connectivity index is 1.77. The molecule has 5 nitrogen and oxygen atoms in total. The molecule has 0 radical (unpaired) electrons. The van der Waals surface area contributed by atoms with Gasteiger partial charge < -0.3 is 10.4 Å². The van der Waals surface area contributed by atoms with E-state index in [1.807, 2.05) is 30.3 Å². The van der Waals surface area contributed by atoms with Gasteiger partial charge in [0, 0.05) is 11.9 Å². The molecule has 1 heterocycles. The summed E-state index contributed by atoms with van der Waals surface area (Å²) in [6.45, 7) is -0.0599. The zero-order chi connectivity index (χ0) is 15.4. The van der Waals surface area contributed by atoms with Gasteiger partial charge in [-0.05, 0) is 29.8 Å². The Morgan fingerprint density at radius 3 is 2.73 bits per heavy atom. The maximum atomic E-state index is 12.2. The molecular weight excluding hydrogens is 278 g/mol. The van der Waals surface area contributed by atoms with E-state index in [4.69, 9.17) is 5.11 Å². The van der Waals surface area contributed by atoms with Gasteiger partial charge >= 0.3 is 0 Å². The number of anilines is 1. The van der Waals surface area contributed by atoms with Gasteiger partial charge in [0.1, 0.15) is 0 Å². The summed E-state index contributed by atoms with van der Waals surface area (Å²) in [7, 11) is 0. The lowest BCUT2D eigenvalue weighted by atomic mass is 10.2. The molecule has 5 heteroatoms. The van der Waals surface area contributed by atoms with E-state index < -0.39 is 0 Å². The van der Waals surface area contributed by atoms with Crippen LogP contribution < -0.4 is 5.32 Å². The van der Waals surface area contributed by atoms with Crippen molar-refractivity contribution in [2.75, 3.05) is 5.32 Å². The van der Waals surface area contributed by atoms with Crippen molar-refractivity contribution in [1.82, 2.24) is 9.78 Å². The highest BCUT2D eigenvalue weighted by Crippen LogP contribution is 2.13. The summed E-state index contributed by atoms with van der Waals surface area (Å²) in [4.78, 5) is 12.2. The van der Waals surface area contributed by atoms with Crippen molar-refractivity contribution in [3.8, 4) is 5.69 Å². The Morgan fingerprint density at radius 2 is 1.95 bits per heavy atom. The van der Waals surface area contributed by atoms with Crippen molar-refractivity contribution < 1.29 is 9.90 Å². The molecule has 0 aliphatic heterocycles. The van der Waals surface area contributed by atoms with Gasteiger partial charge in [0.2, 0.25) is 0 Å². The smallest absolute Gasteiger partial charge is 0.258 e. The minimum atomic E-state index is -0.239. The van der Waals surface area contributed by atoms with Gasteiger partial charge in [0.05, 0.1) is 24.1 Å². The van der Waals surface area contributed by atoms with Crippen LogP contribution in [0, 0.1) is 0 Å². The zero-order valence-corrected chi connectivity index (χ0v) is 11.8. The number of aromatic nitrogens is 2. The normalized spacial score (nSPS) is 10.4. The maximum Gasteiger partial charge on any atom is 0.258 e. The van der Waals surface area contributed by atoms with Gasteiger partial charge in [-0.2, -0.15) is 5.10 Å². The number of hydrogen-bond acceptors (Lipinski definition) is 3. The van der Waals surface area contributed by atoms with E-state index in [0.29, 0.717) is 11.3 Å². The molecule has 0 saturated carbocycles. The molecule has 110 valence electrons. The number of nitrogens with one attached hydrogen (secondary N) is 1. The molecule has 0 atom stereocenters. The van der Waals surface area contributed by atoms with Crippen molar-refractivity contribution in [3.63, 3.8) is 0 Å². The predicted molar refractivity (Wildman–Crippen MR) is 83.9 cm³/mol. The van der Waals surface area contributed by atoms with E-state index in [2.05, 4.69) is 10.4 Å². The number of amides is 1. The Kier molecular flexibility index (Phi) is 3.98. The lowest BCUT2D eigenvalue weighted by Crippen LogP contribution is -2.11. The first kappa shape index (κ1) is 14.0. The summed E-state index contributed by atoms with van der Waals surface area (Å²) in [6.07, 6.45) is 3.21. The van der Waals surface area contributed by atoms with E-state index in [1.54, 1.807) is 35.1 Å². The topological polar surface area (TPSA) is 67.2 Å². The summed E-state index contributed by atoms with van der Waals surface area (Å²) < 4.78 is 1.65. The first-order chi connectivity index (χ1) is 10.8. The third-order valence-corrected chi connectivity index (χ3v) is 3.23. The Hall–Kier alpha value is -2.92. The fraction of sp³-hybridized carbons (Fsp3) is 0.0588. The molecule has 0 unspecified atom stereocenters. The summed E-state index contributed by atoms with van der Waals surface area (Å²) in [5.74, 6) is -0.239. The molecule has 0 saturated heterocycles. The fourth-order valence-corrected chi connectivity index (χ4v) is 2.11. The summed E-state index contributed by atoms with van der Waals surface area (Å²) in [5.41, 5.74) is 2.75. The molecule has 0 aliphatic carbocycles. The van der Waals surface area contributed by atoms with Crippen LogP contribution in [-0.4, -0.2) is 20.8 Å². The number of carbonyl (C=O) groups excluding carboxylic acids is 1. The summed E-state index contributed by atoms with van der Waals surface area (Å²) >= 11 is 0. The van der Waals surface area contributed by atoms with Crippen molar-refractivity contribution in [2.45, 2.75) is 6.61 Å². The molecule has 0 bridgehead atoms. The monoisotopic (exact) mass is 293 g/mol. The number of nitrogens with zero attached hydrogens (tertiary/aromatic N) is 2. The third kappa shape index (κ3) is 3.05. The molecule has 0 aliphatic rings. The standard InChI is InChI=1S/C17H15N3O2/c21-12-13-5-4-6-15(9-13)19-17(22)14-10-18-20(11-14)16-7-2-1-3-8-16/h1-11,21H,12H2,(H,19,22). The average molecular weight is 293 g/mol. The van der Waals surface area contributed by atoms with Crippen LogP contribution in [0.15, 0.2) is 67.0 Å². The molecule has 1 amide bonds. The summed E-state index contributed by atoms with van der Waals surface area (Å²) in [5, 5.41) is 16.1. The number of para-hydroxylation sites is 1. The number of hydrogen-bond donors (Lipinski definition) is 2. The van der Waals surface area contributed by atoms with Crippen LogP contribution in [0.3, 0.4) is 0 Å². The highest BCUT2D eigenvalue weighted by molar-refractivity contribution is 6.04. The number of carbonyl (C=O) groups is 1. The second-order valence-corrected chi connectivity index (χ2v) is 4.82. The van der Waals surface area contributed by atoms with Gasteiger partial charge in [-0.1, -0.05) is 30.3 Å². The van der Waals surface area contributed by atoms with Gasteiger partial charge in [-0.15, -0.1) is 0 Å². The number of rotatable bonds is 4. The molecule has 22 heavy (non-hydrogen) atoms. The Bertz CT molecular complexity index is 781. The molecule has 3 rings (SSSR count).